The molecular weight excluding hydrogens is 308 g/mol. The standard InChI is InChI=1S/C18H30N2O2S/c1-3-14-20(15-4-2)23(21,22)19-16-18(12-8-9-13-18)17-10-6-5-7-11-17/h5-7,10-11,19H,3-4,8-9,12-16H2,1-2H3. The summed E-state index contributed by atoms with van der Waals surface area (Å²) in [5.74, 6) is 0. The van der Waals surface area contributed by atoms with Gasteiger partial charge in [0.2, 0.25) is 0 Å². The quantitative estimate of drug-likeness (QED) is 0.750. The van der Waals surface area contributed by atoms with E-state index in [2.05, 4.69) is 16.9 Å². The van der Waals surface area contributed by atoms with Crippen LogP contribution in [0.25, 0.3) is 0 Å². The van der Waals surface area contributed by atoms with Crippen LogP contribution in [0.3, 0.4) is 0 Å². The number of rotatable bonds is 9. The maximum Gasteiger partial charge on any atom is 0.279 e. The SMILES string of the molecule is CCCN(CCC)S(=O)(=O)NCC1(c2ccccc2)CCCC1. The molecule has 2 rings (SSSR count). The van der Waals surface area contributed by atoms with Gasteiger partial charge in [-0.1, -0.05) is 57.0 Å². The molecule has 0 spiro atoms. The summed E-state index contributed by atoms with van der Waals surface area (Å²) in [6.45, 7) is 5.70. The Morgan fingerprint density at radius 3 is 2.13 bits per heavy atom. The number of benzene rings is 1. The monoisotopic (exact) mass is 338 g/mol. The third kappa shape index (κ3) is 4.55. The van der Waals surface area contributed by atoms with E-state index < -0.39 is 10.2 Å². The molecule has 1 aromatic rings. The van der Waals surface area contributed by atoms with Gasteiger partial charge in [0.15, 0.2) is 0 Å². The van der Waals surface area contributed by atoms with E-state index >= 15 is 0 Å². The summed E-state index contributed by atoms with van der Waals surface area (Å²) in [4.78, 5) is 0. The highest BCUT2D eigenvalue weighted by Gasteiger charge is 2.37. The van der Waals surface area contributed by atoms with Crippen molar-refractivity contribution >= 4 is 10.2 Å². The first-order valence-electron chi connectivity index (χ1n) is 8.84. The van der Waals surface area contributed by atoms with Crippen LogP contribution in [0.2, 0.25) is 0 Å². The molecule has 1 saturated carbocycles. The third-order valence-corrected chi connectivity index (χ3v) is 6.38. The maximum absolute atomic E-state index is 12.7. The number of hydrogen-bond donors (Lipinski definition) is 1. The average molecular weight is 339 g/mol. The lowest BCUT2D eigenvalue weighted by Crippen LogP contribution is -2.46. The summed E-state index contributed by atoms with van der Waals surface area (Å²) in [5.41, 5.74) is 1.22. The molecule has 23 heavy (non-hydrogen) atoms. The number of nitrogens with one attached hydrogen (secondary N) is 1. The van der Waals surface area contributed by atoms with Crippen LogP contribution >= 0.6 is 0 Å². The molecule has 0 amide bonds. The van der Waals surface area contributed by atoms with Gasteiger partial charge in [-0.05, 0) is 31.2 Å². The molecule has 0 aliphatic heterocycles. The lowest BCUT2D eigenvalue weighted by atomic mass is 9.79. The molecule has 0 heterocycles. The number of nitrogens with zero attached hydrogens (tertiary/aromatic N) is 1. The summed E-state index contributed by atoms with van der Waals surface area (Å²) in [5, 5.41) is 0. The summed E-state index contributed by atoms with van der Waals surface area (Å²) in [6.07, 6.45) is 6.13. The molecule has 1 aromatic carbocycles. The predicted molar refractivity (Wildman–Crippen MR) is 95.7 cm³/mol. The van der Waals surface area contributed by atoms with Gasteiger partial charge in [0.05, 0.1) is 0 Å². The normalized spacial score (nSPS) is 17.7. The third-order valence-electron chi connectivity index (χ3n) is 4.83. The van der Waals surface area contributed by atoms with Gasteiger partial charge in [-0.15, -0.1) is 0 Å². The molecule has 1 N–H and O–H groups in total. The Morgan fingerprint density at radius 2 is 1.61 bits per heavy atom. The van der Waals surface area contributed by atoms with Crippen molar-refractivity contribution in [1.29, 1.82) is 0 Å². The van der Waals surface area contributed by atoms with Gasteiger partial charge in [-0.3, -0.25) is 0 Å². The Morgan fingerprint density at radius 1 is 1.04 bits per heavy atom. The summed E-state index contributed by atoms with van der Waals surface area (Å²) in [6, 6.07) is 10.4. The minimum atomic E-state index is -3.40. The Labute approximate surface area is 141 Å². The van der Waals surface area contributed by atoms with Gasteiger partial charge in [0.25, 0.3) is 10.2 Å². The molecule has 0 saturated heterocycles. The van der Waals surface area contributed by atoms with Crippen molar-refractivity contribution in [1.82, 2.24) is 9.03 Å². The molecule has 0 unspecified atom stereocenters. The first-order chi connectivity index (χ1) is 11.0. The van der Waals surface area contributed by atoms with Crippen molar-refractivity contribution in [3.8, 4) is 0 Å². The van der Waals surface area contributed by atoms with Crippen LogP contribution in [0, 0.1) is 0 Å². The number of hydrogen-bond acceptors (Lipinski definition) is 2. The highest BCUT2D eigenvalue weighted by Crippen LogP contribution is 2.40. The second-order valence-electron chi connectivity index (χ2n) is 6.58. The second-order valence-corrected chi connectivity index (χ2v) is 8.33. The molecule has 130 valence electrons. The summed E-state index contributed by atoms with van der Waals surface area (Å²) >= 11 is 0. The zero-order chi connectivity index (χ0) is 16.8. The zero-order valence-corrected chi connectivity index (χ0v) is 15.2. The van der Waals surface area contributed by atoms with E-state index in [0.29, 0.717) is 19.6 Å². The van der Waals surface area contributed by atoms with E-state index in [1.165, 1.54) is 18.4 Å². The summed E-state index contributed by atoms with van der Waals surface area (Å²) in [7, 11) is -3.40. The molecule has 1 fully saturated rings. The minimum absolute atomic E-state index is 0.0432. The van der Waals surface area contributed by atoms with Crippen LogP contribution in [0.5, 0.6) is 0 Å². The smallest absolute Gasteiger partial charge is 0.201 e. The van der Waals surface area contributed by atoms with Crippen molar-refractivity contribution in [2.75, 3.05) is 19.6 Å². The van der Waals surface area contributed by atoms with Crippen LogP contribution in [0.1, 0.15) is 57.9 Å². The second kappa shape index (κ2) is 8.27. The van der Waals surface area contributed by atoms with Crippen molar-refractivity contribution in [3.63, 3.8) is 0 Å². The van der Waals surface area contributed by atoms with Crippen LogP contribution in [0.4, 0.5) is 0 Å². The molecule has 1 aliphatic rings. The van der Waals surface area contributed by atoms with Crippen molar-refractivity contribution in [3.05, 3.63) is 35.9 Å². The predicted octanol–water partition coefficient (Wildman–Crippen LogP) is 3.45. The Bertz CT molecular complexity index is 560. The fourth-order valence-corrected chi connectivity index (χ4v) is 5.07. The Hall–Kier alpha value is -0.910. The van der Waals surface area contributed by atoms with E-state index in [1.54, 1.807) is 4.31 Å². The maximum atomic E-state index is 12.7. The van der Waals surface area contributed by atoms with Gasteiger partial charge in [-0.25, -0.2) is 4.72 Å². The van der Waals surface area contributed by atoms with Gasteiger partial charge in [-0.2, -0.15) is 12.7 Å². The largest absolute Gasteiger partial charge is 0.279 e. The van der Waals surface area contributed by atoms with E-state index in [-0.39, 0.29) is 5.41 Å². The highest BCUT2D eigenvalue weighted by atomic mass is 32.2. The highest BCUT2D eigenvalue weighted by molar-refractivity contribution is 7.87. The van der Waals surface area contributed by atoms with Crippen LogP contribution in [-0.4, -0.2) is 32.4 Å². The molecule has 0 radical (unpaired) electrons. The molecule has 0 atom stereocenters. The Balaban J connectivity index is 2.12. The van der Waals surface area contributed by atoms with Crippen molar-refractivity contribution < 1.29 is 8.42 Å². The van der Waals surface area contributed by atoms with Crippen LogP contribution in [0.15, 0.2) is 30.3 Å². The molecular formula is C18H30N2O2S. The molecule has 0 bridgehead atoms. The van der Waals surface area contributed by atoms with E-state index in [9.17, 15) is 8.42 Å². The first-order valence-corrected chi connectivity index (χ1v) is 10.3. The van der Waals surface area contributed by atoms with Crippen LogP contribution < -0.4 is 4.72 Å². The topological polar surface area (TPSA) is 49.4 Å². The first kappa shape index (κ1) is 18.4. The van der Waals surface area contributed by atoms with E-state index in [1.807, 2.05) is 32.0 Å². The zero-order valence-electron chi connectivity index (χ0n) is 14.4. The lowest BCUT2D eigenvalue weighted by Gasteiger charge is -2.31. The summed E-state index contributed by atoms with van der Waals surface area (Å²) < 4.78 is 29.8. The molecule has 0 aromatic heterocycles. The van der Waals surface area contributed by atoms with Gasteiger partial charge in [0.1, 0.15) is 0 Å². The van der Waals surface area contributed by atoms with Gasteiger partial charge < -0.3 is 0 Å². The average Bonchev–Trinajstić information content (AvgIpc) is 3.04. The fraction of sp³-hybridized carbons (Fsp3) is 0.667. The molecule has 5 heteroatoms. The molecule has 4 nitrogen and oxygen atoms in total. The van der Waals surface area contributed by atoms with Crippen molar-refractivity contribution in [2.24, 2.45) is 0 Å². The van der Waals surface area contributed by atoms with Crippen LogP contribution in [-0.2, 0) is 15.6 Å². The fourth-order valence-electron chi connectivity index (χ4n) is 3.58. The van der Waals surface area contributed by atoms with Gasteiger partial charge >= 0.3 is 0 Å². The van der Waals surface area contributed by atoms with Gasteiger partial charge in [0, 0.05) is 25.0 Å². The van der Waals surface area contributed by atoms with E-state index in [0.717, 1.165) is 25.7 Å². The lowest BCUT2D eigenvalue weighted by molar-refractivity contribution is 0.383. The van der Waals surface area contributed by atoms with Crippen molar-refractivity contribution in [2.45, 2.75) is 57.8 Å². The minimum Gasteiger partial charge on any atom is -0.201 e. The van der Waals surface area contributed by atoms with E-state index in [4.69, 9.17) is 0 Å². The molecule has 1 aliphatic carbocycles. The Kier molecular flexibility index (Phi) is 6.62.